The summed E-state index contributed by atoms with van der Waals surface area (Å²) in [5.74, 6) is -0.364. The lowest BCUT2D eigenvalue weighted by Gasteiger charge is -2.19. The second kappa shape index (κ2) is 7.13. The molecule has 1 aliphatic heterocycles. The fraction of sp³-hybridized carbons (Fsp3) is 0.389. The van der Waals surface area contributed by atoms with Crippen molar-refractivity contribution in [2.45, 2.75) is 33.2 Å². The van der Waals surface area contributed by atoms with Gasteiger partial charge in [-0.2, -0.15) is 0 Å². The molecular formula is C18H21N3O2S. The van der Waals surface area contributed by atoms with Crippen molar-refractivity contribution in [1.82, 2.24) is 10.3 Å². The molecule has 1 N–H and O–H groups in total. The molecule has 5 nitrogen and oxygen atoms in total. The predicted octanol–water partition coefficient (Wildman–Crippen LogP) is 2.68. The van der Waals surface area contributed by atoms with Crippen LogP contribution >= 0.6 is 11.3 Å². The summed E-state index contributed by atoms with van der Waals surface area (Å²) in [6.45, 7) is 4.87. The van der Waals surface area contributed by atoms with Gasteiger partial charge in [-0.05, 0) is 25.0 Å². The third-order valence-corrected chi connectivity index (χ3v) is 5.21. The van der Waals surface area contributed by atoms with Gasteiger partial charge in [-0.15, -0.1) is 11.3 Å². The van der Waals surface area contributed by atoms with Crippen LogP contribution in [0.5, 0.6) is 0 Å². The summed E-state index contributed by atoms with van der Waals surface area (Å²) in [5.41, 5.74) is 3.02. The number of benzene rings is 1. The Balaban J connectivity index is 1.64. The van der Waals surface area contributed by atoms with E-state index in [4.69, 9.17) is 0 Å². The lowest BCUT2D eigenvalue weighted by Crippen LogP contribution is -2.32. The number of rotatable bonds is 5. The zero-order chi connectivity index (χ0) is 17.1. The Morgan fingerprint density at radius 3 is 2.92 bits per heavy atom. The number of carbonyl (C=O) groups excluding carboxylic acids is 2. The molecule has 2 aromatic rings. The Labute approximate surface area is 145 Å². The van der Waals surface area contributed by atoms with Gasteiger partial charge in [0.25, 0.3) is 0 Å². The van der Waals surface area contributed by atoms with Crippen LogP contribution in [0.1, 0.15) is 29.6 Å². The fourth-order valence-corrected chi connectivity index (χ4v) is 3.69. The normalized spacial score (nSPS) is 17.3. The summed E-state index contributed by atoms with van der Waals surface area (Å²) in [5, 5.41) is 5.76. The van der Waals surface area contributed by atoms with Crippen molar-refractivity contribution in [2.75, 3.05) is 11.4 Å². The van der Waals surface area contributed by atoms with Gasteiger partial charge in [-0.3, -0.25) is 9.59 Å². The minimum Gasteiger partial charge on any atom is -0.349 e. The van der Waals surface area contributed by atoms with Crippen LogP contribution in [0.15, 0.2) is 29.6 Å². The van der Waals surface area contributed by atoms with Gasteiger partial charge >= 0.3 is 0 Å². The quantitative estimate of drug-likeness (QED) is 0.908. The van der Waals surface area contributed by atoms with E-state index in [1.165, 1.54) is 11.3 Å². The van der Waals surface area contributed by atoms with E-state index < -0.39 is 0 Å². The zero-order valence-electron chi connectivity index (χ0n) is 13.9. The lowest BCUT2D eigenvalue weighted by molar-refractivity contribution is -0.126. The third-order valence-electron chi connectivity index (χ3n) is 4.24. The maximum Gasteiger partial charge on any atom is 0.227 e. The van der Waals surface area contributed by atoms with Crippen LogP contribution in [-0.2, 0) is 22.6 Å². The van der Waals surface area contributed by atoms with Gasteiger partial charge in [0.2, 0.25) is 11.8 Å². The van der Waals surface area contributed by atoms with Crippen molar-refractivity contribution in [3.8, 4) is 0 Å². The highest BCUT2D eigenvalue weighted by atomic mass is 32.1. The number of nitrogens with one attached hydrogen (secondary N) is 1. The molecule has 0 saturated carbocycles. The van der Waals surface area contributed by atoms with E-state index >= 15 is 0 Å². The standard InChI is InChI=1S/C18H21N3O2S/c1-3-13-6-4-5-7-15(13)21-10-14(8-17(21)22)18(23)19-9-16-20-12(2)11-24-16/h4-7,11,14H,3,8-10H2,1-2H3,(H,19,23)/t14-/m1/s1. The Morgan fingerprint density at radius 1 is 1.42 bits per heavy atom. The molecule has 1 fully saturated rings. The van der Waals surface area contributed by atoms with Gasteiger partial charge in [-0.25, -0.2) is 4.98 Å². The van der Waals surface area contributed by atoms with Crippen LogP contribution in [0, 0.1) is 12.8 Å². The molecule has 2 amide bonds. The molecule has 1 aromatic carbocycles. The number of anilines is 1. The predicted molar refractivity (Wildman–Crippen MR) is 95.0 cm³/mol. The summed E-state index contributed by atoms with van der Waals surface area (Å²) in [6, 6.07) is 7.89. The number of hydrogen-bond acceptors (Lipinski definition) is 4. The summed E-state index contributed by atoms with van der Waals surface area (Å²) < 4.78 is 0. The Morgan fingerprint density at radius 2 is 2.21 bits per heavy atom. The average molecular weight is 343 g/mol. The molecule has 0 unspecified atom stereocenters. The second-order valence-corrected chi connectivity index (χ2v) is 6.93. The minimum atomic E-state index is -0.302. The van der Waals surface area contributed by atoms with Crippen molar-refractivity contribution < 1.29 is 9.59 Å². The monoisotopic (exact) mass is 343 g/mol. The Bertz CT molecular complexity index is 756. The van der Waals surface area contributed by atoms with Crippen LogP contribution in [0.4, 0.5) is 5.69 Å². The Kier molecular flexibility index (Phi) is 4.94. The maximum absolute atomic E-state index is 12.4. The topological polar surface area (TPSA) is 62.3 Å². The van der Waals surface area contributed by atoms with Crippen molar-refractivity contribution >= 4 is 28.8 Å². The van der Waals surface area contributed by atoms with Gasteiger partial charge in [0.15, 0.2) is 0 Å². The maximum atomic E-state index is 12.4. The summed E-state index contributed by atoms with van der Waals surface area (Å²) in [4.78, 5) is 30.8. The van der Waals surface area contributed by atoms with E-state index in [-0.39, 0.29) is 24.2 Å². The molecule has 1 saturated heterocycles. The largest absolute Gasteiger partial charge is 0.349 e. The number of aryl methyl sites for hydroxylation is 2. The van der Waals surface area contributed by atoms with Gasteiger partial charge in [0.05, 0.1) is 12.5 Å². The highest BCUT2D eigenvalue weighted by Crippen LogP contribution is 2.28. The molecule has 2 heterocycles. The van der Waals surface area contributed by atoms with Crippen LogP contribution < -0.4 is 10.2 Å². The van der Waals surface area contributed by atoms with Crippen molar-refractivity contribution in [1.29, 1.82) is 0 Å². The first-order valence-electron chi connectivity index (χ1n) is 8.15. The first-order valence-corrected chi connectivity index (χ1v) is 9.03. The number of carbonyl (C=O) groups is 2. The van der Waals surface area contributed by atoms with Gasteiger partial charge in [0, 0.05) is 29.7 Å². The van der Waals surface area contributed by atoms with Crippen LogP contribution in [-0.4, -0.2) is 23.3 Å². The number of thiazole rings is 1. The lowest BCUT2D eigenvalue weighted by atomic mass is 10.1. The molecule has 6 heteroatoms. The molecule has 0 radical (unpaired) electrons. The first kappa shape index (κ1) is 16.6. The Hall–Kier alpha value is -2.21. The highest BCUT2D eigenvalue weighted by Gasteiger charge is 2.35. The van der Waals surface area contributed by atoms with E-state index in [1.807, 2.05) is 36.6 Å². The fourth-order valence-electron chi connectivity index (χ4n) is 2.98. The molecule has 24 heavy (non-hydrogen) atoms. The van der Waals surface area contributed by atoms with E-state index in [9.17, 15) is 9.59 Å². The molecule has 1 aromatic heterocycles. The summed E-state index contributed by atoms with van der Waals surface area (Å²) in [6.07, 6.45) is 1.13. The smallest absolute Gasteiger partial charge is 0.227 e. The molecule has 1 atom stereocenters. The number of nitrogens with zero attached hydrogens (tertiary/aromatic N) is 2. The van der Waals surface area contributed by atoms with E-state index in [0.29, 0.717) is 13.1 Å². The minimum absolute atomic E-state index is 0.0149. The van der Waals surface area contributed by atoms with Gasteiger partial charge in [0.1, 0.15) is 5.01 Å². The number of hydrogen-bond donors (Lipinski definition) is 1. The van der Waals surface area contributed by atoms with E-state index in [2.05, 4.69) is 17.2 Å². The molecule has 0 spiro atoms. The summed E-state index contributed by atoms with van der Waals surface area (Å²) >= 11 is 1.53. The van der Waals surface area contributed by atoms with Crippen LogP contribution in [0.25, 0.3) is 0 Å². The van der Waals surface area contributed by atoms with Gasteiger partial charge < -0.3 is 10.2 Å². The summed E-state index contributed by atoms with van der Waals surface area (Å²) in [7, 11) is 0. The van der Waals surface area contributed by atoms with E-state index in [1.54, 1.807) is 4.90 Å². The zero-order valence-corrected chi connectivity index (χ0v) is 14.7. The molecule has 126 valence electrons. The van der Waals surface area contributed by atoms with Crippen LogP contribution in [0.2, 0.25) is 0 Å². The molecular weight excluding hydrogens is 322 g/mol. The molecule has 3 rings (SSSR count). The van der Waals surface area contributed by atoms with E-state index in [0.717, 1.165) is 28.4 Å². The molecule has 0 aliphatic carbocycles. The second-order valence-electron chi connectivity index (χ2n) is 5.99. The third kappa shape index (κ3) is 3.48. The number of para-hydroxylation sites is 1. The van der Waals surface area contributed by atoms with Crippen molar-refractivity contribution in [2.24, 2.45) is 5.92 Å². The average Bonchev–Trinajstić information content (AvgIpc) is 3.18. The van der Waals surface area contributed by atoms with Crippen molar-refractivity contribution in [3.05, 3.63) is 45.9 Å². The SMILES string of the molecule is CCc1ccccc1N1C[C@H](C(=O)NCc2nc(C)cs2)CC1=O. The van der Waals surface area contributed by atoms with Gasteiger partial charge in [-0.1, -0.05) is 25.1 Å². The molecule has 0 bridgehead atoms. The number of amides is 2. The molecule has 1 aliphatic rings. The highest BCUT2D eigenvalue weighted by molar-refractivity contribution is 7.09. The van der Waals surface area contributed by atoms with Crippen molar-refractivity contribution in [3.63, 3.8) is 0 Å². The first-order chi connectivity index (χ1) is 11.6. The number of aromatic nitrogens is 1. The van der Waals surface area contributed by atoms with Crippen LogP contribution in [0.3, 0.4) is 0 Å².